The molecule has 0 bridgehead atoms. The number of carbonyl (C=O) groups excluding carboxylic acids is 2. The normalized spacial score (nSPS) is 23.5. The predicted octanol–water partition coefficient (Wildman–Crippen LogP) is 5.42. The van der Waals surface area contributed by atoms with Crippen molar-refractivity contribution in [1.82, 2.24) is 25.1 Å². The SMILES string of the molecule is C[C@@H]1[C@H](CN2CCN(c3ncccn3)CC2)O[C@H](c2cccc(-c3cccc(CNC(=O)[C@@H]4CCCN4C(=O)C(F)(F)F)c3)c2)O[C@@H]1c1ccc(CO)cc1. The summed E-state index contributed by atoms with van der Waals surface area (Å²) >= 11 is 0. The van der Waals surface area contributed by atoms with E-state index < -0.39 is 30.3 Å². The smallest absolute Gasteiger partial charge is 0.392 e. The second-order valence-corrected chi connectivity index (χ2v) is 14.4. The van der Waals surface area contributed by atoms with Gasteiger partial charge < -0.3 is 29.7 Å². The Kier molecular flexibility index (Phi) is 11.8. The molecule has 5 atom stereocenters. The van der Waals surface area contributed by atoms with Crippen molar-refractivity contribution in [1.29, 1.82) is 0 Å². The first-order valence-electron chi connectivity index (χ1n) is 18.7. The largest absolute Gasteiger partial charge is 0.471 e. The Labute approximate surface area is 318 Å². The van der Waals surface area contributed by atoms with Crippen LogP contribution in [-0.4, -0.2) is 94.3 Å². The number of benzene rings is 3. The van der Waals surface area contributed by atoms with Gasteiger partial charge in [-0.3, -0.25) is 14.5 Å². The van der Waals surface area contributed by atoms with Crippen LogP contribution in [-0.2, 0) is 32.2 Å². The minimum atomic E-state index is -5.03. The van der Waals surface area contributed by atoms with Gasteiger partial charge in [0, 0.05) is 69.7 Å². The van der Waals surface area contributed by atoms with E-state index in [0.29, 0.717) is 17.9 Å². The van der Waals surface area contributed by atoms with E-state index in [4.69, 9.17) is 9.47 Å². The summed E-state index contributed by atoms with van der Waals surface area (Å²) in [5.41, 5.74) is 5.19. The van der Waals surface area contributed by atoms with Gasteiger partial charge in [0.2, 0.25) is 11.9 Å². The van der Waals surface area contributed by atoms with Crippen LogP contribution in [0.4, 0.5) is 19.1 Å². The number of anilines is 1. The first kappa shape index (κ1) is 38.4. The van der Waals surface area contributed by atoms with Gasteiger partial charge in [-0.25, -0.2) is 9.97 Å². The maximum absolute atomic E-state index is 13.1. The lowest BCUT2D eigenvalue weighted by atomic mass is 9.89. The van der Waals surface area contributed by atoms with Gasteiger partial charge in [0.05, 0.1) is 18.8 Å². The molecule has 0 radical (unpaired) electrons. The number of carbonyl (C=O) groups is 2. The second kappa shape index (κ2) is 16.9. The molecule has 11 nitrogen and oxygen atoms in total. The number of ether oxygens (including phenoxy) is 2. The van der Waals surface area contributed by atoms with Crippen LogP contribution in [0.2, 0.25) is 0 Å². The summed E-state index contributed by atoms with van der Waals surface area (Å²) in [4.78, 5) is 38.9. The van der Waals surface area contributed by atoms with E-state index >= 15 is 0 Å². The van der Waals surface area contributed by atoms with Gasteiger partial charge in [-0.05, 0) is 58.9 Å². The summed E-state index contributed by atoms with van der Waals surface area (Å²) in [6.07, 6.45) is -2.09. The zero-order valence-corrected chi connectivity index (χ0v) is 30.6. The quantitative estimate of drug-likeness (QED) is 0.219. The molecule has 4 aromatic rings. The highest BCUT2D eigenvalue weighted by atomic mass is 19.4. The summed E-state index contributed by atoms with van der Waals surface area (Å²) in [5, 5.41) is 12.4. The average Bonchev–Trinajstić information content (AvgIpc) is 3.71. The minimum Gasteiger partial charge on any atom is -0.392 e. The molecule has 7 rings (SSSR count). The van der Waals surface area contributed by atoms with Gasteiger partial charge in [0.15, 0.2) is 6.29 Å². The second-order valence-electron chi connectivity index (χ2n) is 14.4. The van der Waals surface area contributed by atoms with Crippen molar-refractivity contribution >= 4 is 17.8 Å². The third-order valence-corrected chi connectivity index (χ3v) is 10.7. The summed E-state index contributed by atoms with van der Waals surface area (Å²) in [6, 6.07) is 24.0. The molecule has 0 saturated carbocycles. The molecule has 2 N–H and O–H groups in total. The van der Waals surface area contributed by atoms with Gasteiger partial charge in [0.25, 0.3) is 0 Å². The molecule has 0 aliphatic carbocycles. The molecule has 3 fully saturated rings. The Bertz CT molecular complexity index is 1930. The van der Waals surface area contributed by atoms with Gasteiger partial charge in [-0.2, -0.15) is 13.2 Å². The number of aliphatic hydroxyl groups excluding tert-OH is 1. The highest BCUT2D eigenvalue weighted by molar-refractivity contribution is 5.90. The molecular formula is C41H45F3N6O5. The number of amides is 2. The number of aliphatic hydroxyl groups is 1. The number of likely N-dealkylation sites (tertiary alicyclic amines) is 1. The molecule has 3 aliphatic rings. The fraction of sp³-hybridized carbons (Fsp3) is 0.415. The summed E-state index contributed by atoms with van der Waals surface area (Å²) < 4.78 is 52.8. The molecule has 3 aliphatic heterocycles. The maximum atomic E-state index is 13.1. The topological polar surface area (TPSA) is 120 Å². The third kappa shape index (κ3) is 8.99. The standard InChI is InChI=1S/C41H45F3N6O5/c1-27-35(25-48-18-20-49(21-19-48)40-45-15-5-16-46-40)54-38(55-36(27)30-13-11-28(26-51)12-14-30)33-9-3-8-32(23-33)31-7-2-6-29(22-31)24-47-37(52)34-10-4-17-50(34)39(53)41(42,43)44/h2-3,5-9,11-16,22-23,27,34-36,38,51H,4,10,17-21,24-26H2,1H3,(H,47,52)/t27-,34+,35+,36+,38+/m1/s1. The van der Waals surface area contributed by atoms with Crippen LogP contribution in [0.1, 0.15) is 54.4 Å². The van der Waals surface area contributed by atoms with Crippen molar-refractivity contribution in [3.05, 3.63) is 114 Å². The number of nitrogens with one attached hydrogen (secondary N) is 1. The Morgan fingerprint density at radius 3 is 2.27 bits per heavy atom. The first-order chi connectivity index (χ1) is 26.6. The van der Waals surface area contributed by atoms with Crippen molar-refractivity contribution in [3.63, 3.8) is 0 Å². The molecule has 2 amide bonds. The van der Waals surface area contributed by atoms with Crippen LogP contribution >= 0.6 is 0 Å². The van der Waals surface area contributed by atoms with Crippen LogP contribution in [0.3, 0.4) is 0 Å². The van der Waals surface area contributed by atoms with Crippen LogP contribution in [0.5, 0.6) is 0 Å². The molecule has 290 valence electrons. The molecule has 55 heavy (non-hydrogen) atoms. The lowest BCUT2D eigenvalue weighted by Crippen LogP contribution is -2.51. The van der Waals surface area contributed by atoms with Crippen LogP contribution in [0.25, 0.3) is 11.1 Å². The minimum absolute atomic E-state index is 0.0182. The average molecular weight is 759 g/mol. The molecule has 1 aromatic heterocycles. The summed E-state index contributed by atoms with van der Waals surface area (Å²) in [5.74, 6) is -1.84. The van der Waals surface area contributed by atoms with Crippen LogP contribution in [0.15, 0.2) is 91.3 Å². The van der Waals surface area contributed by atoms with Gasteiger partial charge >= 0.3 is 12.1 Å². The monoisotopic (exact) mass is 758 g/mol. The fourth-order valence-electron chi connectivity index (χ4n) is 7.65. The van der Waals surface area contributed by atoms with Gasteiger partial charge in [-0.15, -0.1) is 0 Å². The molecule has 3 saturated heterocycles. The van der Waals surface area contributed by atoms with E-state index in [-0.39, 0.29) is 44.2 Å². The molecule has 0 unspecified atom stereocenters. The van der Waals surface area contributed by atoms with Crippen molar-refractivity contribution < 1.29 is 37.3 Å². The number of halogens is 3. The number of piperazine rings is 1. The van der Waals surface area contributed by atoms with Crippen molar-refractivity contribution in [3.8, 4) is 11.1 Å². The van der Waals surface area contributed by atoms with Gasteiger partial charge in [0.1, 0.15) is 6.04 Å². The van der Waals surface area contributed by atoms with Crippen molar-refractivity contribution in [2.45, 2.75) is 63.6 Å². The third-order valence-electron chi connectivity index (χ3n) is 10.7. The number of rotatable bonds is 10. The number of hydrogen-bond donors (Lipinski definition) is 2. The van der Waals surface area contributed by atoms with E-state index in [1.807, 2.05) is 78.9 Å². The van der Waals surface area contributed by atoms with Crippen molar-refractivity contribution in [2.24, 2.45) is 5.92 Å². The molecule has 4 heterocycles. The summed E-state index contributed by atoms with van der Waals surface area (Å²) in [7, 11) is 0. The highest BCUT2D eigenvalue weighted by Crippen LogP contribution is 2.42. The molecular weight excluding hydrogens is 713 g/mol. The van der Waals surface area contributed by atoms with Crippen molar-refractivity contribution in [2.75, 3.05) is 44.2 Å². The van der Waals surface area contributed by atoms with E-state index in [1.54, 1.807) is 12.4 Å². The number of hydrogen-bond acceptors (Lipinski definition) is 9. The maximum Gasteiger partial charge on any atom is 0.471 e. The predicted molar refractivity (Wildman–Crippen MR) is 198 cm³/mol. The Morgan fingerprint density at radius 1 is 0.855 bits per heavy atom. The fourth-order valence-corrected chi connectivity index (χ4v) is 7.65. The lowest BCUT2D eigenvalue weighted by molar-refractivity contribution is -0.276. The number of aromatic nitrogens is 2. The first-order valence-corrected chi connectivity index (χ1v) is 18.7. The van der Waals surface area contributed by atoms with Crippen LogP contribution in [0, 0.1) is 5.92 Å². The number of alkyl halides is 3. The Morgan fingerprint density at radius 2 is 1.56 bits per heavy atom. The zero-order chi connectivity index (χ0) is 38.5. The van der Waals surface area contributed by atoms with E-state index in [2.05, 4.69) is 32.0 Å². The van der Waals surface area contributed by atoms with E-state index in [9.17, 15) is 27.9 Å². The van der Waals surface area contributed by atoms with Gasteiger partial charge in [-0.1, -0.05) is 67.6 Å². The Balaban J connectivity index is 1.06. The molecule has 0 spiro atoms. The summed E-state index contributed by atoms with van der Waals surface area (Å²) in [6.45, 7) is 6.09. The number of nitrogens with zero attached hydrogens (tertiary/aromatic N) is 5. The zero-order valence-electron chi connectivity index (χ0n) is 30.6. The molecule has 3 aromatic carbocycles. The van der Waals surface area contributed by atoms with E-state index in [1.165, 1.54) is 0 Å². The van der Waals surface area contributed by atoms with E-state index in [0.717, 1.165) is 65.5 Å². The van der Waals surface area contributed by atoms with Crippen LogP contribution < -0.4 is 10.2 Å². The highest BCUT2D eigenvalue weighted by Gasteiger charge is 2.47. The molecule has 14 heteroatoms. The lowest BCUT2D eigenvalue weighted by Gasteiger charge is -2.44. The Hall–Kier alpha value is -4.89.